The first-order valence-corrected chi connectivity index (χ1v) is 15.7. The first-order valence-electron chi connectivity index (χ1n) is 15.7. The molecular formula is C42H39BNO2. The van der Waals surface area contributed by atoms with E-state index in [-0.39, 0.29) is 0 Å². The highest BCUT2D eigenvalue weighted by Crippen LogP contribution is 2.37. The Kier molecular flexibility index (Phi) is 8.94. The lowest BCUT2D eigenvalue weighted by molar-refractivity contribution is -0.0893. The Morgan fingerprint density at radius 1 is 0.435 bits per heavy atom. The normalized spacial score (nSPS) is 11.7. The van der Waals surface area contributed by atoms with Gasteiger partial charge in [-0.1, -0.05) is 127 Å². The van der Waals surface area contributed by atoms with E-state index >= 15 is 0 Å². The molecule has 6 aromatic carbocycles. The van der Waals surface area contributed by atoms with Crippen LogP contribution in [0, 0.1) is 0 Å². The average molecular weight is 601 g/mol. The number of hydrogen-bond donors (Lipinski definition) is 1. The second kappa shape index (κ2) is 13.2. The van der Waals surface area contributed by atoms with Crippen LogP contribution in [0.2, 0.25) is 0 Å². The van der Waals surface area contributed by atoms with Crippen molar-refractivity contribution in [3.05, 3.63) is 158 Å². The Morgan fingerprint density at radius 2 is 0.739 bits per heavy atom. The maximum atomic E-state index is 10.5. The Hall–Kier alpha value is -4.90. The van der Waals surface area contributed by atoms with Gasteiger partial charge < -0.3 is 14.7 Å². The Balaban J connectivity index is 1.29. The van der Waals surface area contributed by atoms with Gasteiger partial charge in [0.15, 0.2) is 0 Å². The highest BCUT2D eigenvalue weighted by atomic mass is 16.5. The van der Waals surface area contributed by atoms with Gasteiger partial charge in [0.1, 0.15) is 0 Å². The quantitative estimate of drug-likeness (QED) is 0.159. The molecule has 1 N–H and O–H groups in total. The van der Waals surface area contributed by atoms with Crippen LogP contribution < -0.4 is 10.4 Å². The zero-order valence-electron chi connectivity index (χ0n) is 26.9. The molecule has 1 radical (unpaired) electrons. The third-order valence-corrected chi connectivity index (χ3v) is 8.80. The topological polar surface area (TPSA) is 32.7 Å². The monoisotopic (exact) mass is 600 g/mol. The minimum absolute atomic E-state index is 0.734. The molecule has 0 fully saturated rings. The van der Waals surface area contributed by atoms with Crippen LogP contribution in [-0.4, -0.2) is 23.8 Å². The fourth-order valence-corrected chi connectivity index (χ4v) is 5.23. The van der Waals surface area contributed by atoms with Gasteiger partial charge >= 0.3 is 7.48 Å². The molecule has 0 amide bonds. The highest BCUT2D eigenvalue weighted by molar-refractivity contribution is 6.47. The van der Waals surface area contributed by atoms with Crippen LogP contribution in [0.15, 0.2) is 158 Å². The summed E-state index contributed by atoms with van der Waals surface area (Å²) in [5, 5.41) is 10.5. The SMILES string of the molecule is CC(C)(O)C(C)(C)O[B]c1ccc(N(c2ccc(-c3ccccc3)cc2)c2ccc(-c3ccc(-c4ccccc4)cc3)cc2)cc1. The first kappa shape index (κ1) is 31.1. The minimum atomic E-state index is -0.984. The van der Waals surface area contributed by atoms with Crippen molar-refractivity contribution in [3.8, 4) is 33.4 Å². The Bertz CT molecular complexity index is 1840. The number of aliphatic hydroxyl groups is 1. The molecule has 0 aliphatic rings. The molecule has 6 rings (SSSR count). The van der Waals surface area contributed by atoms with Crippen molar-refractivity contribution >= 4 is 30.0 Å². The van der Waals surface area contributed by atoms with Crippen LogP contribution in [0.4, 0.5) is 17.1 Å². The summed E-state index contributed by atoms with van der Waals surface area (Å²) < 4.78 is 6.00. The molecule has 3 nitrogen and oxygen atoms in total. The number of rotatable bonds is 10. The third-order valence-electron chi connectivity index (χ3n) is 8.80. The van der Waals surface area contributed by atoms with Gasteiger partial charge in [-0.3, -0.25) is 0 Å². The van der Waals surface area contributed by atoms with Gasteiger partial charge in [-0.25, -0.2) is 0 Å². The van der Waals surface area contributed by atoms with Crippen molar-refractivity contribution < 1.29 is 9.76 Å². The molecule has 0 aliphatic carbocycles. The van der Waals surface area contributed by atoms with Gasteiger partial charge in [-0.2, -0.15) is 0 Å². The smallest absolute Gasteiger partial charge is 0.330 e. The summed E-state index contributed by atoms with van der Waals surface area (Å²) in [7, 11) is 1.72. The molecule has 0 atom stereocenters. The Morgan fingerprint density at radius 3 is 1.09 bits per heavy atom. The van der Waals surface area contributed by atoms with Crippen LogP contribution in [0.3, 0.4) is 0 Å². The fourth-order valence-electron chi connectivity index (χ4n) is 5.23. The minimum Gasteiger partial charge on any atom is -0.427 e. The molecule has 0 aliphatic heterocycles. The molecule has 0 spiro atoms. The van der Waals surface area contributed by atoms with Gasteiger partial charge in [-0.05, 0) is 97.5 Å². The van der Waals surface area contributed by atoms with Gasteiger partial charge in [0, 0.05) is 17.1 Å². The van der Waals surface area contributed by atoms with E-state index in [1.54, 1.807) is 21.3 Å². The van der Waals surface area contributed by atoms with E-state index in [1.165, 1.54) is 33.4 Å². The van der Waals surface area contributed by atoms with Crippen LogP contribution in [0.25, 0.3) is 33.4 Å². The number of hydrogen-bond acceptors (Lipinski definition) is 3. The third kappa shape index (κ3) is 6.99. The summed E-state index contributed by atoms with van der Waals surface area (Å²) in [6.07, 6.45) is 0. The fraction of sp³-hybridized carbons (Fsp3) is 0.143. The van der Waals surface area contributed by atoms with Crippen molar-refractivity contribution in [2.45, 2.75) is 38.9 Å². The molecule has 0 aromatic heterocycles. The number of benzene rings is 6. The van der Waals surface area contributed by atoms with Crippen LogP contribution in [-0.2, 0) is 4.65 Å². The van der Waals surface area contributed by atoms with Crippen molar-refractivity contribution in [2.24, 2.45) is 0 Å². The van der Waals surface area contributed by atoms with E-state index in [0.29, 0.717) is 0 Å². The van der Waals surface area contributed by atoms with Crippen LogP contribution in [0.5, 0.6) is 0 Å². The van der Waals surface area contributed by atoms with Crippen molar-refractivity contribution in [1.29, 1.82) is 0 Å². The van der Waals surface area contributed by atoms with Crippen molar-refractivity contribution in [1.82, 2.24) is 0 Å². The molecule has 0 saturated carbocycles. The van der Waals surface area contributed by atoms with E-state index in [2.05, 4.69) is 138 Å². The van der Waals surface area contributed by atoms with Crippen LogP contribution >= 0.6 is 0 Å². The molecule has 0 bridgehead atoms. The Labute approximate surface area is 274 Å². The zero-order valence-corrected chi connectivity index (χ0v) is 26.9. The van der Waals surface area contributed by atoms with Crippen LogP contribution in [0.1, 0.15) is 27.7 Å². The lowest BCUT2D eigenvalue weighted by Gasteiger charge is -2.37. The lowest BCUT2D eigenvalue weighted by atomic mass is 9.82. The average Bonchev–Trinajstić information content (AvgIpc) is 3.09. The van der Waals surface area contributed by atoms with Gasteiger partial charge in [0.25, 0.3) is 0 Å². The standard InChI is InChI=1S/C42H39BNO2/c1-41(2,45)42(3,4)46-43-37-23-29-40(30-24-37)44(38-25-19-35(20-26-38)32-13-9-6-10-14-32)39-27-21-36(22-28-39)34-17-15-33(16-18-34)31-11-7-5-8-12-31/h5-30,45H,1-4H3. The summed E-state index contributed by atoms with van der Waals surface area (Å²) in [4.78, 5) is 2.27. The summed E-state index contributed by atoms with van der Waals surface area (Å²) in [6, 6.07) is 55.4. The molecule has 46 heavy (non-hydrogen) atoms. The maximum absolute atomic E-state index is 10.5. The second-order valence-corrected chi connectivity index (χ2v) is 12.6. The lowest BCUT2D eigenvalue weighted by Crippen LogP contribution is -2.49. The van der Waals surface area contributed by atoms with Crippen molar-refractivity contribution in [2.75, 3.05) is 4.90 Å². The maximum Gasteiger partial charge on any atom is 0.330 e. The van der Waals surface area contributed by atoms with E-state index in [1.807, 2.05) is 38.1 Å². The van der Waals surface area contributed by atoms with E-state index in [9.17, 15) is 5.11 Å². The summed E-state index contributed by atoms with van der Waals surface area (Å²) in [5.41, 5.74) is 9.51. The molecule has 4 heteroatoms. The summed E-state index contributed by atoms with van der Waals surface area (Å²) in [5.74, 6) is 0. The molecule has 6 aromatic rings. The van der Waals surface area contributed by atoms with E-state index in [0.717, 1.165) is 22.5 Å². The molecule has 0 heterocycles. The molecular weight excluding hydrogens is 561 g/mol. The van der Waals surface area contributed by atoms with Crippen molar-refractivity contribution in [3.63, 3.8) is 0 Å². The number of anilines is 3. The first-order chi connectivity index (χ1) is 22.2. The summed E-state index contributed by atoms with van der Waals surface area (Å²) in [6.45, 7) is 7.30. The zero-order chi connectivity index (χ0) is 32.1. The van der Waals surface area contributed by atoms with Gasteiger partial charge in [-0.15, -0.1) is 0 Å². The van der Waals surface area contributed by atoms with Gasteiger partial charge in [0.05, 0.1) is 11.2 Å². The largest absolute Gasteiger partial charge is 0.427 e. The summed E-state index contributed by atoms with van der Waals surface area (Å²) >= 11 is 0. The predicted octanol–water partition coefficient (Wildman–Crippen LogP) is 9.97. The second-order valence-electron chi connectivity index (χ2n) is 12.6. The van der Waals surface area contributed by atoms with Gasteiger partial charge in [0.2, 0.25) is 0 Å². The molecule has 227 valence electrons. The molecule has 0 unspecified atom stereocenters. The predicted molar refractivity (Wildman–Crippen MR) is 194 cm³/mol. The highest BCUT2D eigenvalue weighted by Gasteiger charge is 2.35. The molecule has 0 saturated heterocycles. The number of nitrogens with zero attached hydrogens (tertiary/aromatic N) is 1. The van der Waals surface area contributed by atoms with E-state index in [4.69, 9.17) is 4.65 Å². The van der Waals surface area contributed by atoms with E-state index < -0.39 is 11.2 Å².